The summed E-state index contributed by atoms with van der Waals surface area (Å²) < 4.78 is 3.37. The van der Waals surface area contributed by atoms with Gasteiger partial charge in [0.05, 0.1) is 17.7 Å². The first-order chi connectivity index (χ1) is 17.8. The number of fused-ring (bicyclic) bond motifs is 1. The van der Waals surface area contributed by atoms with Crippen molar-refractivity contribution < 1.29 is 9.59 Å². The largest absolute Gasteiger partial charge is 0.341 e. The van der Waals surface area contributed by atoms with Crippen LogP contribution in [-0.4, -0.2) is 44.9 Å². The standard InChI is InChI=1S/C28H34N6O3/c1-18(2)11-15-34-25-23(31-28(34)33-13-5-6-20(29)16-33)12-14-32(27(25)37)17-24(35)21-7-3-4-8-22(21)30-26(36)19-9-10-19/h3-4,7-8,11-12,14,19-20H,5-6,9-10,13,15-17,29H2,1-2H3,(H,30,36). The third-order valence-electron chi connectivity index (χ3n) is 7.02. The first kappa shape index (κ1) is 25.0. The minimum absolute atomic E-state index is 0.0259. The van der Waals surface area contributed by atoms with E-state index in [1.807, 2.05) is 18.4 Å². The van der Waals surface area contributed by atoms with Crippen LogP contribution in [0.5, 0.6) is 0 Å². The van der Waals surface area contributed by atoms with E-state index in [0.717, 1.165) is 43.7 Å². The van der Waals surface area contributed by atoms with Crippen LogP contribution < -0.4 is 21.5 Å². The smallest absolute Gasteiger partial charge is 0.277 e. The maximum absolute atomic E-state index is 13.7. The first-order valence-corrected chi connectivity index (χ1v) is 13.0. The molecule has 9 heteroatoms. The van der Waals surface area contributed by atoms with Gasteiger partial charge in [0.25, 0.3) is 5.56 Å². The molecule has 3 aromatic rings. The molecule has 3 heterocycles. The van der Waals surface area contributed by atoms with E-state index in [4.69, 9.17) is 10.7 Å². The van der Waals surface area contributed by atoms with Crippen LogP contribution in [0.15, 0.2) is 53.0 Å². The van der Waals surface area contributed by atoms with Crippen molar-refractivity contribution in [1.29, 1.82) is 0 Å². The number of benzene rings is 1. The molecule has 0 spiro atoms. The SMILES string of the molecule is CC(C)=CCn1c(N2CCCC(N)C2)nc2ccn(CC(=O)c3ccccc3NC(=O)C3CC3)c(=O)c21. The van der Waals surface area contributed by atoms with Gasteiger partial charge in [0.2, 0.25) is 11.9 Å². The molecule has 1 unspecified atom stereocenters. The molecule has 1 aliphatic carbocycles. The van der Waals surface area contributed by atoms with Gasteiger partial charge in [-0.25, -0.2) is 4.98 Å². The fourth-order valence-electron chi connectivity index (χ4n) is 4.82. The molecule has 1 aromatic carbocycles. The molecule has 1 amide bonds. The average Bonchev–Trinajstić information content (AvgIpc) is 3.66. The number of imidazole rings is 1. The Morgan fingerprint density at radius 2 is 1.95 bits per heavy atom. The van der Waals surface area contributed by atoms with Gasteiger partial charge in [-0.05, 0) is 57.7 Å². The van der Waals surface area contributed by atoms with Crippen LogP contribution in [0.1, 0.15) is 49.9 Å². The molecule has 0 radical (unpaired) electrons. The van der Waals surface area contributed by atoms with E-state index in [-0.39, 0.29) is 35.8 Å². The quantitative estimate of drug-likeness (QED) is 0.361. The minimum Gasteiger partial charge on any atom is -0.341 e. The molecule has 194 valence electrons. The molecule has 9 nitrogen and oxygen atoms in total. The Morgan fingerprint density at radius 3 is 2.68 bits per heavy atom. The van der Waals surface area contributed by atoms with Crippen molar-refractivity contribution in [2.75, 3.05) is 23.3 Å². The molecule has 2 aromatic heterocycles. The van der Waals surface area contributed by atoms with E-state index in [2.05, 4.69) is 16.3 Å². The average molecular weight is 503 g/mol. The molecule has 1 saturated heterocycles. The van der Waals surface area contributed by atoms with Gasteiger partial charge in [-0.2, -0.15) is 0 Å². The minimum atomic E-state index is -0.271. The molecule has 1 atom stereocenters. The highest BCUT2D eigenvalue weighted by Gasteiger charge is 2.30. The fraction of sp³-hybridized carbons (Fsp3) is 0.429. The predicted molar refractivity (Wildman–Crippen MR) is 145 cm³/mol. The van der Waals surface area contributed by atoms with Gasteiger partial charge in [0.1, 0.15) is 5.52 Å². The number of hydrogen-bond acceptors (Lipinski definition) is 6. The zero-order valence-electron chi connectivity index (χ0n) is 21.4. The highest BCUT2D eigenvalue weighted by atomic mass is 16.2. The van der Waals surface area contributed by atoms with Gasteiger partial charge in [-0.15, -0.1) is 0 Å². The Balaban J connectivity index is 1.49. The third-order valence-corrected chi connectivity index (χ3v) is 7.02. The van der Waals surface area contributed by atoms with E-state index in [9.17, 15) is 14.4 Å². The van der Waals surface area contributed by atoms with Gasteiger partial charge in [-0.3, -0.25) is 14.4 Å². The molecule has 37 heavy (non-hydrogen) atoms. The van der Waals surface area contributed by atoms with Gasteiger partial charge >= 0.3 is 0 Å². The zero-order valence-corrected chi connectivity index (χ0v) is 21.4. The zero-order chi connectivity index (χ0) is 26.1. The normalized spacial score (nSPS) is 17.6. The first-order valence-electron chi connectivity index (χ1n) is 13.0. The maximum atomic E-state index is 13.7. The number of aromatic nitrogens is 3. The van der Waals surface area contributed by atoms with Crippen molar-refractivity contribution in [2.45, 2.75) is 58.7 Å². The molecule has 0 bridgehead atoms. The number of nitrogens with two attached hydrogens (primary N) is 1. The van der Waals surface area contributed by atoms with Crippen molar-refractivity contribution in [3.8, 4) is 0 Å². The molecule has 2 fully saturated rings. The summed E-state index contributed by atoms with van der Waals surface area (Å²) in [7, 11) is 0. The van der Waals surface area contributed by atoms with E-state index >= 15 is 0 Å². The second-order valence-electron chi connectivity index (χ2n) is 10.4. The Morgan fingerprint density at radius 1 is 1.16 bits per heavy atom. The number of allylic oxidation sites excluding steroid dienone is 2. The highest BCUT2D eigenvalue weighted by Crippen LogP contribution is 2.31. The molecular formula is C28H34N6O3. The van der Waals surface area contributed by atoms with Crippen molar-refractivity contribution in [3.05, 3.63) is 64.1 Å². The van der Waals surface area contributed by atoms with E-state index in [1.54, 1.807) is 36.5 Å². The van der Waals surface area contributed by atoms with Crippen LogP contribution in [0, 0.1) is 5.92 Å². The molecule has 2 aliphatic rings. The third kappa shape index (κ3) is 5.36. The predicted octanol–water partition coefficient (Wildman–Crippen LogP) is 3.32. The number of Topliss-reactive ketones (excluding diaryl/α,β-unsaturated/α-hetero) is 1. The van der Waals surface area contributed by atoms with Crippen molar-refractivity contribution >= 4 is 34.4 Å². The van der Waals surface area contributed by atoms with Crippen LogP contribution in [0.4, 0.5) is 11.6 Å². The second-order valence-corrected chi connectivity index (χ2v) is 10.4. The molecular weight excluding hydrogens is 468 g/mol. The van der Waals surface area contributed by atoms with E-state index < -0.39 is 0 Å². The number of amides is 1. The Kier molecular flexibility index (Phi) is 6.97. The number of rotatable bonds is 8. The topological polar surface area (TPSA) is 115 Å². The maximum Gasteiger partial charge on any atom is 0.277 e. The number of pyridine rings is 1. The number of nitrogens with zero attached hydrogens (tertiary/aromatic N) is 4. The van der Waals surface area contributed by atoms with Gasteiger partial charge < -0.3 is 25.1 Å². The van der Waals surface area contributed by atoms with Crippen molar-refractivity contribution in [1.82, 2.24) is 14.1 Å². The van der Waals surface area contributed by atoms with Gasteiger partial charge in [0.15, 0.2) is 5.78 Å². The molecule has 1 saturated carbocycles. The van der Waals surface area contributed by atoms with E-state index in [1.165, 1.54) is 4.57 Å². The molecule has 3 N–H and O–H groups in total. The lowest BCUT2D eigenvalue weighted by Crippen LogP contribution is -2.44. The number of ketones is 1. The van der Waals surface area contributed by atoms with Crippen LogP contribution >= 0.6 is 0 Å². The summed E-state index contributed by atoms with van der Waals surface area (Å²) in [6.45, 7) is 5.93. The highest BCUT2D eigenvalue weighted by molar-refractivity contribution is 6.05. The van der Waals surface area contributed by atoms with Gasteiger partial charge in [-0.1, -0.05) is 23.8 Å². The lowest BCUT2D eigenvalue weighted by atomic mass is 10.1. The summed E-state index contributed by atoms with van der Waals surface area (Å²) in [6.07, 6.45) is 7.39. The summed E-state index contributed by atoms with van der Waals surface area (Å²) in [6, 6.07) is 8.82. The number of carbonyl (C=O) groups is 2. The summed E-state index contributed by atoms with van der Waals surface area (Å²) in [5, 5.41) is 2.88. The van der Waals surface area contributed by atoms with Gasteiger partial charge in [0, 0.05) is 43.4 Å². The molecule has 5 rings (SSSR count). The summed E-state index contributed by atoms with van der Waals surface area (Å²) in [4.78, 5) is 46.3. The number of para-hydroxylation sites is 1. The Labute approximate surface area is 216 Å². The number of piperidine rings is 1. The van der Waals surface area contributed by atoms with Crippen LogP contribution in [0.25, 0.3) is 11.0 Å². The number of nitrogens with one attached hydrogen (secondary N) is 1. The lowest BCUT2D eigenvalue weighted by molar-refractivity contribution is -0.117. The van der Waals surface area contributed by atoms with Crippen molar-refractivity contribution in [3.63, 3.8) is 0 Å². The Bertz CT molecular complexity index is 1430. The number of anilines is 2. The van der Waals surface area contributed by atoms with Crippen molar-refractivity contribution in [2.24, 2.45) is 11.7 Å². The van der Waals surface area contributed by atoms with Crippen LogP contribution in [-0.2, 0) is 17.9 Å². The van der Waals surface area contributed by atoms with Crippen LogP contribution in [0.3, 0.4) is 0 Å². The fourth-order valence-corrected chi connectivity index (χ4v) is 4.82. The second kappa shape index (κ2) is 10.3. The summed E-state index contributed by atoms with van der Waals surface area (Å²) >= 11 is 0. The number of hydrogen-bond donors (Lipinski definition) is 2. The number of carbonyl (C=O) groups excluding carboxylic acids is 2. The summed E-state index contributed by atoms with van der Waals surface area (Å²) in [5.41, 5.74) is 9.05. The molecule has 1 aliphatic heterocycles. The Hall–Kier alpha value is -3.72. The van der Waals surface area contributed by atoms with Crippen LogP contribution in [0.2, 0.25) is 0 Å². The lowest BCUT2D eigenvalue weighted by Gasteiger charge is -2.31. The van der Waals surface area contributed by atoms with E-state index in [0.29, 0.717) is 35.4 Å². The monoisotopic (exact) mass is 502 g/mol. The summed E-state index contributed by atoms with van der Waals surface area (Å²) in [5.74, 6) is 0.451.